The summed E-state index contributed by atoms with van der Waals surface area (Å²) < 4.78 is 57.0. The second kappa shape index (κ2) is 16.6. The average Bonchev–Trinajstić information content (AvgIpc) is 3.10. The van der Waals surface area contributed by atoms with Crippen molar-refractivity contribution in [2.24, 2.45) is 0 Å². The van der Waals surface area contributed by atoms with E-state index in [4.69, 9.17) is 58.0 Å². The highest BCUT2D eigenvalue weighted by Gasteiger charge is 2.30. The fourth-order valence-corrected chi connectivity index (χ4v) is 10.1. The highest BCUT2D eigenvalue weighted by atomic mass is 35.5. The highest BCUT2D eigenvalue weighted by Crippen LogP contribution is 2.36. The predicted octanol–water partition coefficient (Wildman–Crippen LogP) is 9.89. The first-order valence-electron chi connectivity index (χ1n) is 15.7. The lowest BCUT2D eigenvalue weighted by atomic mass is 10.2. The molecule has 0 saturated heterocycles. The van der Waals surface area contributed by atoms with Crippen LogP contribution in [0.3, 0.4) is 0 Å². The molecular formula is C36H29Cl5N4O6S2. The number of rotatable bonds is 12. The zero-order valence-electron chi connectivity index (χ0n) is 27.8. The van der Waals surface area contributed by atoms with E-state index in [0.717, 1.165) is 20.7 Å². The maximum absolute atomic E-state index is 13.7. The monoisotopic (exact) mass is 852 g/mol. The zero-order chi connectivity index (χ0) is 38.7. The Balaban J connectivity index is 1.37. The van der Waals surface area contributed by atoms with Crippen molar-refractivity contribution in [1.29, 1.82) is 0 Å². The molecule has 0 heterocycles. The summed E-state index contributed by atoms with van der Waals surface area (Å²) in [5.41, 5.74) is 0.716. The molecule has 17 heteroatoms. The molecule has 0 aliphatic heterocycles. The van der Waals surface area contributed by atoms with Crippen LogP contribution in [0.2, 0.25) is 25.1 Å². The van der Waals surface area contributed by atoms with Gasteiger partial charge in [-0.3, -0.25) is 18.2 Å². The lowest BCUT2D eigenvalue weighted by Crippen LogP contribution is -2.31. The Morgan fingerprint density at radius 1 is 0.528 bits per heavy atom. The van der Waals surface area contributed by atoms with E-state index in [9.17, 15) is 26.4 Å². The summed E-state index contributed by atoms with van der Waals surface area (Å²) in [5.74, 6) is -1.56. The van der Waals surface area contributed by atoms with Crippen LogP contribution < -0.4 is 19.2 Å². The zero-order valence-corrected chi connectivity index (χ0v) is 33.2. The van der Waals surface area contributed by atoms with Crippen LogP contribution in [-0.4, -0.2) is 41.7 Å². The topological polar surface area (TPSA) is 133 Å². The van der Waals surface area contributed by atoms with E-state index in [1.54, 1.807) is 74.5 Å². The van der Waals surface area contributed by atoms with Gasteiger partial charge in [0.05, 0.1) is 53.3 Å². The van der Waals surface area contributed by atoms with Crippen LogP contribution in [0.25, 0.3) is 0 Å². The second-order valence-corrected chi connectivity index (χ2v) is 16.8. The number of sulfonamides is 2. The van der Waals surface area contributed by atoms with E-state index in [0.29, 0.717) is 11.4 Å². The third kappa shape index (κ3) is 8.54. The Kier molecular flexibility index (Phi) is 12.6. The summed E-state index contributed by atoms with van der Waals surface area (Å²) in [5, 5.41) is 4.64. The molecule has 5 aromatic carbocycles. The van der Waals surface area contributed by atoms with Crippen molar-refractivity contribution in [3.8, 4) is 0 Å². The Morgan fingerprint density at radius 3 is 1.34 bits per heavy atom. The molecule has 0 atom stereocenters. The van der Waals surface area contributed by atoms with Gasteiger partial charge >= 0.3 is 0 Å². The molecule has 2 amide bonds. The Hall–Kier alpha value is -4.01. The molecule has 2 N–H and O–H groups in total. The summed E-state index contributed by atoms with van der Waals surface area (Å²) >= 11 is 31.9. The summed E-state index contributed by atoms with van der Waals surface area (Å²) in [6.45, 7) is 3.50. The van der Waals surface area contributed by atoms with Gasteiger partial charge in [0.25, 0.3) is 31.9 Å². The number of carbonyl (C=O) groups excluding carboxylic acids is 2. The van der Waals surface area contributed by atoms with Crippen LogP contribution >= 0.6 is 58.0 Å². The third-order valence-electron chi connectivity index (χ3n) is 7.81. The Bertz CT molecular complexity index is 2420. The average molecular weight is 855 g/mol. The summed E-state index contributed by atoms with van der Waals surface area (Å²) in [4.78, 5) is 26.2. The van der Waals surface area contributed by atoms with E-state index in [1.165, 1.54) is 30.3 Å². The van der Waals surface area contributed by atoms with Gasteiger partial charge in [-0.05, 0) is 80.6 Å². The number of carbonyl (C=O) groups is 2. The smallest absolute Gasteiger partial charge is 0.265 e. The standard InChI is InChI=1S/C36H29Cl5N4O6S2/c1-3-44(23-11-7-5-8-12-23)52(48,49)33-18-25(27(37)20-30(33)40)35(46)42-22-15-16-32(29(39)17-22)43-36(47)26-19-34(31(41)21-28(26)38)53(50,51)45(4-2)24-13-9-6-10-14-24/h5-21H,3-4H2,1-2H3,(H,42,46)(H,43,47). The van der Waals surface area contributed by atoms with Crippen LogP contribution in [0.5, 0.6) is 0 Å². The molecule has 0 saturated carbocycles. The first kappa shape index (κ1) is 40.2. The third-order valence-corrected chi connectivity index (χ3v) is 13.5. The van der Waals surface area contributed by atoms with Crippen molar-refractivity contribution in [1.82, 2.24) is 0 Å². The number of para-hydroxylation sites is 2. The van der Waals surface area contributed by atoms with E-state index in [-0.39, 0.29) is 70.5 Å². The summed E-state index contributed by atoms with van der Waals surface area (Å²) in [6.07, 6.45) is 0. The number of hydrogen-bond acceptors (Lipinski definition) is 6. The van der Waals surface area contributed by atoms with Crippen molar-refractivity contribution in [2.75, 3.05) is 32.3 Å². The van der Waals surface area contributed by atoms with Crippen molar-refractivity contribution < 1.29 is 26.4 Å². The molecule has 0 radical (unpaired) electrons. The summed E-state index contributed by atoms with van der Waals surface area (Å²) in [7, 11) is -8.43. The fraction of sp³-hybridized carbons (Fsp3) is 0.111. The molecule has 0 fully saturated rings. The van der Waals surface area contributed by atoms with Crippen molar-refractivity contribution >= 4 is 113 Å². The van der Waals surface area contributed by atoms with E-state index in [2.05, 4.69) is 10.6 Å². The van der Waals surface area contributed by atoms with E-state index < -0.39 is 31.9 Å². The molecule has 0 bridgehead atoms. The molecule has 10 nitrogen and oxygen atoms in total. The van der Waals surface area contributed by atoms with Crippen LogP contribution in [0.4, 0.5) is 22.7 Å². The van der Waals surface area contributed by atoms with Crippen molar-refractivity contribution in [3.63, 3.8) is 0 Å². The highest BCUT2D eigenvalue weighted by molar-refractivity contribution is 7.93. The van der Waals surface area contributed by atoms with Crippen LogP contribution in [0, 0.1) is 0 Å². The van der Waals surface area contributed by atoms with E-state index in [1.807, 2.05) is 0 Å². The predicted molar refractivity (Wildman–Crippen MR) is 214 cm³/mol. The molecule has 0 aliphatic rings. The van der Waals surface area contributed by atoms with Gasteiger partial charge in [0.1, 0.15) is 9.79 Å². The molecule has 5 aromatic rings. The quantitative estimate of drug-likeness (QED) is 0.128. The summed E-state index contributed by atoms with van der Waals surface area (Å²) in [6, 6.07) is 25.5. The van der Waals surface area contributed by atoms with Crippen molar-refractivity contribution in [2.45, 2.75) is 23.6 Å². The molecular weight excluding hydrogens is 826 g/mol. The Labute approximate surface area is 332 Å². The lowest BCUT2D eigenvalue weighted by Gasteiger charge is -2.24. The van der Waals surface area contributed by atoms with Crippen LogP contribution in [0.1, 0.15) is 34.6 Å². The van der Waals surface area contributed by atoms with Gasteiger partial charge < -0.3 is 10.6 Å². The number of amides is 2. The first-order chi connectivity index (χ1) is 25.1. The molecule has 0 spiro atoms. The molecule has 5 rings (SSSR count). The van der Waals surface area contributed by atoms with Gasteiger partial charge in [0, 0.05) is 18.8 Å². The molecule has 0 aliphatic carbocycles. The van der Waals surface area contributed by atoms with Gasteiger partial charge in [0.2, 0.25) is 0 Å². The first-order valence-corrected chi connectivity index (χ1v) is 20.4. The minimum atomic E-state index is -4.22. The maximum Gasteiger partial charge on any atom is 0.265 e. The largest absolute Gasteiger partial charge is 0.322 e. The molecule has 0 unspecified atom stereocenters. The number of nitrogens with zero attached hydrogens (tertiary/aromatic N) is 2. The minimum Gasteiger partial charge on any atom is -0.322 e. The fourth-order valence-electron chi connectivity index (χ4n) is 5.29. The van der Waals surface area contributed by atoms with Gasteiger partial charge in [-0.25, -0.2) is 16.8 Å². The molecule has 53 heavy (non-hydrogen) atoms. The number of halogens is 5. The minimum absolute atomic E-state index is 0.0118. The number of hydrogen-bond donors (Lipinski definition) is 2. The number of anilines is 4. The van der Waals surface area contributed by atoms with E-state index >= 15 is 0 Å². The lowest BCUT2D eigenvalue weighted by molar-refractivity contribution is 0.101. The number of nitrogens with one attached hydrogen (secondary N) is 2. The van der Waals surface area contributed by atoms with Crippen LogP contribution in [0.15, 0.2) is 113 Å². The normalized spacial score (nSPS) is 11.5. The van der Waals surface area contributed by atoms with Crippen LogP contribution in [-0.2, 0) is 20.0 Å². The van der Waals surface area contributed by atoms with Gasteiger partial charge in [0.15, 0.2) is 0 Å². The van der Waals surface area contributed by atoms with Gasteiger partial charge in [-0.1, -0.05) is 94.4 Å². The second-order valence-electron chi connectivity index (χ2n) is 11.1. The molecule has 0 aromatic heterocycles. The number of benzene rings is 5. The SMILES string of the molecule is CCN(c1ccccc1)S(=O)(=O)c1cc(C(=O)Nc2ccc(NC(=O)c3cc(S(=O)(=O)N(CC)c4ccccc4)c(Cl)cc3Cl)c(Cl)c2)c(Cl)cc1Cl. The van der Waals surface area contributed by atoms with Gasteiger partial charge in [-0.2, -0.15) is 0 Å². The van der Waals surface area contributed by atoms with Crippen molar-refractivity contribution in [3.05, 3.63) is 139 Å². The van der Waals surface area contributed by atoms with Gasteiger partial charge in [-0.15, -0.1) is 0 Å². The molecule has 276 valence electrons. The maximum atomic E-state index is 13.7. The Morgan fingerprint density at radius 2 is 0.943 bits per heavy atom.